The van der Waals surface area contributed by atoms with Crippen LogP contribution in [0.3, 0.4) is 0 Å². The summed E-state index contributed by atoms with van der Waals surface area (Å²) in [4.78, 5) is 21.1. The van der Waals surface area contributed by atoms with E-state index in [1.807, 2.05) is 48.8 Å². The van der Waals surface area contributed by atoms with Crippen LogP contribution in [0.2, 0.25) is 0 Å². The van der Waals surface area contributed by atoms with Crippen LogP contribution in [0.25, 0.3) is 0 Å². The maximum absolute atomic E-state index is 12.9. The molecule has 29 heavy (non-hydrogen) atoms. The second-order valence-corrected chi connectivity index (χ2v) is 8.86. The van der Waals surface area contributed by atoms with E-state index < -0.39 is 0 Å². The van der Waals surface area contributed by atoms with Crippen molar-refractivity contribution in [3.05, 3.63) is 82.0 Å². The van der Waals surface area contributed by atoms with Crippen molar-refractivity contribution in [2.45, 2.75) is 39.2 Å². The molecule has 3 heterocycles. The Morgan fingerprint density at radius 2 is 1.83 bits per heavy atom. The molecule has 1 aliphatic heterocycles. The lowest BCUT2D eigenvalue weighted by molar-refractivity contribution is 0.102. The third kappa shape index (κ3) is 4.26. The van der Waals surface area contributed by atoms with Gasteiger partial charge < -0.3 is 5.32 Å². The molecule has 5 heteroatoms. The maximum Gasteiger partial charge on any atom is 0.256 e. The molecule has 4 nitrogen and oxygen atoms in total. The van der Waals surface area contributed by atoms with E-state index >= 15 is 0 Å². The predicted octanol–water partition coefficient (Wildman–Crippen LogP) is 5.59. The van der Waals surface area contributed by atoms with Gasteiger partial charge in [-0.05, 0) is 69.1 Å². The van der Waals surface area contributed by atoms with Gasteiger partial charge >= 0.3 is 0 Å². The number of carbonyl (C=O) groups excluding carboxylic acids is 1. The fourth-order valence-corrected chi connectivity index (χ4v) is 5.19. The third-order valence-corrected chi connectivity index (χ3v) is 6.86. The molecule has 1 amide bonds. The summed E-state index contributed by atoms with van der Waals surface area (Å²) in [6.07, 6.45) is 7.50. The SMILES string of the molecule is Cc1sc(NC(=O)c2ccccc2)c(C(c2cccnc2)N2CCCCC2)c1C. The number of aryl methyl sites for hydroxylation is 1. The maximum atomic E-state index is 12.9. The number of piperidine rings is 1. The van der Waals surface area contributed by atoms with Gasteiger partial charge in [-0.1, -0.05) is 30.7 Å². The van der Waals surface area contributed by atoms with Crippen molar-refractivity contribution in [1.82, 2.24) is 9.88 Å². The molecule has 0 spiro atoms. The van der Waals surface area contributed by atoms with Crippen LogP contribution < -0.4 is 5.32 Å². The van der Waals surface area contributed by atoms with Gasteiger partial charge in [0.1, 0.15) is 5.00 Å². The van der Waals surface area contributed by atoms with E-state index in [4.69, 9.17) is 0 Å². The highest BCUT2D eigenvalue weighted by Crippen LogP contribution is 2.42. The van der Waals surface area contributed by atoms with E-state index in [2.05, 4.69) is 35.1 Å². The highest BCUT2D eigenvalue weighted by molar-refractivity contribution is 7.16. The first-order valence-corrected chi connectivity index (χ1v) is 11.1. The number of aromatic nitrogens is 1. The van der Waals surface area contributed by atoms with Crippen LogP contribution >= 0.6 is 11.3 Å². The van der Waals surface area contributed by atoms with Crippen LogP contribution in [0.4, 0.5) is 5.00 Å². The number of anilines is 1. The van der Waals surface area contributed by atoms with Gasteiger partial charge in [0.2, 0.25) is 0 Å². The number of nitrogens with one attached hydrogen (secondary N) is 1. The van der Waals surface area contributed by atoms with E-state index in [0.29, 0.717) is 5.56 Å². The third-order valence-electron chi connectivity index (χ3n) is 5.72. The van der Waals surface area contributed by atoms with Gasteiger partial charge in [0.25, 0.3) is 5.91 Å². The minimum absolute atomic E-state index is 0.0586. The number of nitrogens with zero attached hydrogens (tertiary/aromatic N) is 2. The summed E-state index contributed by atoms with van der Waals surface area (Å²) < 4.78 is 0. The second-order valence-electron chi connectivity index (χ2n) is 7.63. The molecule has 1 N–H and O–H groups in total. The first-order valence-electron chi connectivity index (χ1n) is 10.3. The molecule has 1 aliphatic rings. The molecule has 1 fully saturated rings. The normalized spacial score (nSPS) is 15.8. The van der Waals surface area contributed by atoms with Crippen LogP contribution in [0.1, 0.15) is 57.2 Å². The highest BCUT2D eigenvalue weighted by Gasteiger charge is 2.30. The Kier molecular flexibility index (Phi) is 6.07. The van der Waals surface area contributed by atoms with Gasteiger partial charge in [0.05, 0.1) is 6.04 Å². The van der Waals surface area contributed by atoms with Gasteiger partial charge in [-0.25, -0.2) is 0 Å². The van der Waals surface area contributed by atoms with Crippen molar-refractivity contribution in [3.8, 4) is 0 Å². The fourth-order valence-electron chi connectivity index (χ4n) is 4.11. The molecule has 1 atom stereocenters. The van der Waals surface area contributed by atoms with Crippen molar-refractivity contribution in [2.24, 2.45) is 0 Å². The number of rotatable bonds is 5. The quantitative estimate of drug-likeness (QED) is 0.602. The molecule has 3 aromatic rings. The second kappa shape index (κ2) is 8.89. The van der Waals surface area contributed by atoms with Crippen molar-refractivity contribution in [2.75, 3.05) is 18.4 Å². The van der Waals surface area contributed by atoms with Crippen molar-refractivity contribution >= 4 is 22.2 Å². The Morgan fingerprint density at radius 1 is 1.07 bits per heavy atom. The van der Waals surface area contributed by atoms with Crippen LogP contribution in [0.5, 0.6) is 0 Å². The molecule has 0 radical (unpaired) electrons. The molecule has 1 aromatic carbocycles. The zero-order chi connectivity index (χ0) is 20.2. The lowest BCUT2D eigenvalue weighted by atomic mass is 9.94. The van der Waals surface area contributed by atoms with E-state index in [-0.39, 0.29) is 11.9 Å². The first-order chi connectivity index (χ1) is 14.1. The molecule has 4 rings (SSSR count). The average molecular weight is 406 g/mol. The summed E-state index contributed by atoms with van der Waals surface area (Å²) in [5.74, 6) is -0.0586. The van der Waals surface area contributed by atoms with Crippen molar-refractivity contribution in [3.63, 3.8) is 0 Å². The Hall–Kier alpha value is -2.50. The Balaban J connectivity index is 1.75. The topological polar surface area (TPSA) is 45.2 Å². The summed E-state index contributed by atoms with van der Waals surface area (Å²) in [6, 6.07) is 13.7. The lowest BCUT2D eigenvalue weighted by Gasteiger charge is -2.35. The van der Waals surface area contributed by atoms with Gasteiger partial charge in [-0.3, -0.25) is 14.7 Å². The largest absolute Gasteiger partial charge is 0.313 e. The molecule has 0 saturated carbocycles. The monoisotopic (exact) mass is 405 g/mol. The molecule has 0 aliphatic carbocycles. The molecular weight excluding hydrogens is 378 g/mol. The first kappa shape index (κ1) is 19.8. The Morgan fingerprint density at radius 3 is 2.52 bits per heavy atom. The Labute approximate surface area is 176 Å². The van der Waals surface area contributed by atoms with Crippen LogP contribution in [0, 0.1) is 13.8 Å². The number of benzene rings is 1. The smallest absolute Gasteiger partial charge is 0.256 e. The average Bonchev–Trinajstić information content (AvgIpc) is 3.04. The Bertz CT molecular complexity index is 963. The van der Waals surface area contributed by atoms with Crippen LogP contribution in [-0.2, 0) is 0 Å². The van der Waals surface area contributed by atoms with Crippen LogP contribution in [0.15, 0.2) is 54.9 Å². The minimum atomic E-state index is -0.0586. The molecule has 0 bridgehead atoms. The van der Waals surface area contributed by atoms with Gasteiger partial charge in [0.15, 0.2) is 0 Å². The van der Waals surface area contributed by atoms with Gasteiger partial charge in [0, 0.05) is 28.4 Å². The number of hydrogen-bond donors (Lipinski definition) is 1. The molecule has 150 valence electrons. The summed E-state index contributed by atoms with van der Waals surface area (Å²) >= 11 is 1.67. The van der Waals surface area contributed by atoms with Crippen molar-refractivity contribution in [1.29, 1.82) is 0 Å². The fraction of sp³-hybridized carbons (Fsp3) is 0.333. The summed E-state index contributed by atoms with van der Waals surface area (Å²) in [6.45, 7) is 6.45. The number of likely N-dealkylation sites (tertiary alicyclic amines) is 1. The van der Waals surface area contributed by atoms with E-state index in [1.54, 1.807) is 11.3 Å². The number of thiophene rings is 1. The zero-order valence-corrected chi connectivity index (χ0v) is 17.8. The standard InChI is InChI=1S/C24H27N3OS/c1-17-18(2)29-24(26-23(28)19-10-5-3-6-11-19)21(17)22(20-12-9-13-25-16-20)27-14-7-4-8-15-27/h3,5-6,9-13,16,22H,4,7-8,14-15H2,1-2H3,(H,26,28). The van der Waals surface area contributed by atoms with Gasteiger partial charge in [-0.15, -0.1) is 11.3 Å². The van der Waals surface area contributed by atoms with E-state index in [1.165, 1.54) is 40.8 Å². The molecule has 1 saturated heterocycles. The van der Waals surface area contributed by atoms with Crippen LogP contribution in [-0.4, -0.2) is 28.9 Å². The molecule has 1 unspecified atom stereocenters. The highest BCUT2D eigenvalue weighted by atomic mass is 32.1. The number of amides is 1. The van der Waals surface area contributed by atoms with Gasteiger partial charge in [-0.2, -0.15) is 0 Å². The zero-order valence-electron chi connectivity index (χ0n) is 17.0. The predicted molar refractivity (Wildman–Crippen MR) is 120 cm³/mol. The minimum Gasteiger partial charge on any atom is -0.313 e. The lowest BCUT2D eigenvalue weighted by Crippen LogP contribution is -2.35. The summed E-state index contributed by atoms with van der Waals surface area (Å²) in [7, 11) is 0. The van der Waals surface area contributed by atoms with E-state index in [9.17, 15) is 4.79 Å². The molecular formula is C24H27N3OS. The summed E-state index contributed by atoms with van der Waals surface area (Å²) in [5.41, 5.74) is 4.34. The van der Waals surface area contributed by atoms with Crippen molar-refractivity contribution < 1.29 is 4.79 Å². The number of pyridine rings is 1. The molecule has 2 aromatic heterocycles. The van der Waals surface area contributed by atoms with E-state index in [0.717, 1.165) is 18.1 Å². The summed E-state index contributed by atoms with van der Waals surface area (Å²) in [5, 5.41) is 4.16. The number of carbonyl (C=O) groups is 1. The number of hydrogen-bond acceptors (Lipinski definition) is 4.